The summed E-state index contributed by atoms with van der Waals surface area (Å²) in [5.41, 5.74) is 1.83. The number of hydrogen-bond donors (Lipinski definition) is 1. The molecule has 0 saturated carbocycles. The van der Waals surface area contributed by atoms with Crippen molar-refractivity contribution in [1.29, 1.82) is 0 Å². The average molecular weight is 338 g/mol. The van der Waals surface area contributed by atoms with E-state index in [1.165, 1.54) is 0 Å². The molecule has 0 aliphatic carbocycles. The minimum Gasteiger partial charge on any atom is -0.497 e. The molecule has 0 atom stereocenters. The number of carbonyl (C=O) groups excluding carboxylic acids is 1. The van der Waals surface area contributed by atoms with Crippen LogP contribution in [-0.4, -0.2) is 28.1 Å². The molecule has 0 radical (unpaired) electrons. The number of methoxy groups -OCH3 is 1. The third-order valence-electron chi connectivity index (χ3n) is 3.62. The van der Waals surface area contributed by atoms with Crippen molar-refractivity contribution >= 4 is 5.91 Å². The summed E-state index contributed by atoms with van der Waals surface area (Å²) >= 11 is 0. The van der Waals surface area contributed by atoms with Gasteiger partial charge in [0, 0.05) is 37.3 Å². The molecule has 2 aromatic heterocycles. The molecular formula is C18H18N4O3. The Morgan fingerprint density at radius 2 is 1.92 bits per heavy atom. The summed E-state index contributed by atoms with van der Waals surface area (Å²) in [5, 5.41) is 6.80. The van der Waals surface area contributed by atoms with Crippen LogP contribution in [0.3, 0.4) is 0 Å². The number of aromatic nitrogens is 3. The highest BCUT2D eigenvalue weighted by Gasteiger charge is 2.11. The molecule has 1 aromatic carbocycles. The van der Waals surface area contributed by atoms with Crippen molar-refractivity contribution in [2.24, 2.45) is 0 Å². The SMILES string of the molecule is COc1ccc(-c2noc(CCC(=O)NCc3ccncc3)n2)cc1. The number of nitrogens with zero attached hydrogens (tertiary/aromatic N) is 3. The van der Waals surface area contributed by atoms with Gasteiger partial charge in [0.05, 0.1) is 7.11 Å². The Labute approximate surface area is 145 Å². The third-order valence-corrected chi connectivity index (χ3v) is 3.62. The maximum atomic E-state index is 11.9. The summed E-state index contributed by atoms with van der Waals surface area (Å²) in [6.07, 6.45) is 4.07. The van der Waals surface area contributed by atoms with Gasteiger partial charge >= 0.3 is 0 Å². The average Bonchev–Trinajstić information content (AvgIpc) is 3.14. The molecule has 0 spiro atoms. The minimum absolute atomic E-state index is 0.0685. The first-order chi connectivity index (χ1) is 12.2. The number of benzene rings is 1. The third kappa shape index (κ3) is 4.63. The number of amides is 1. The van der Waals surface area contributed by atoms with Crippen LogP contribution in [0.15, 0.2) is 53.3 Å². The molecule has 0 aliphatic rings. The molecule has 1 N–H and O–H groups in total. The Bertz CT molecular complexity index is 816. The number of carbonyl (C=O) groups is 1. The Kier molecular flexibility index (Phi) is 5.36. The van der Waals surface area contributed by atoms with Gasteiger partial charge in [-0.1, -0.05) is 5.16 Å². The van der Waals surface area contributed by atoms with Crippen LogP contribution >= 0.6 is 0 Å². The monoisotopic (exact) mass is 338 g/mol. The zero-order valence-electron chi connectivity index (χ0n) is 13.8. The van der Waals surface area contributed by atoms with E-state index < -0.39 is 0 Å². The van der Waals surface area contributed by atoms with Crippen LogP contribution in [0.4, 0.5) is 0 Å². The van der Waals surface area contributed by atoms with Gasteiger partial charge in [-0.3, -0.25) is 9.78 Å². The van der Waals surface area contributed by atoms with Crippen molar-refractivity contribution in [3.05, 3.63) is 60.2 Å². The fourth-order valence-corrected chi connectivity index (χ4v) is 2.22. The molecule has 0 unspecified atom stereocenters. The van der Waals surface area contributed by atoms with Crippen LogP contribution in [0.1, 0.15) is 17.9 Å². The summed E-state index contributed by atoms with van der Waals surface area (Å²) in [7, 11) is 1.61. The lowest BCUT2D eigenvalue weighted by molar-refractivity contribution is -0.121. The van der Waals surface area contributed by atoms with Crippen LogP contribution in [0, 0.1) is 0 Å². The second kappa shape index (κ2) is 8.05. The van der Waals surface area contributed by atoms with Gasteiger partial charge in [-0.25, -0.2) is 0 Å². The van der Waals surface area contributed by atoms with Crippen molar-refractivity contribution in [1.82, 2.24) is 20.4 Å². The molecule has 0 aliphatic heterocycles. The smallest absolute Gasteiger partial charge is 0.227 e. The molecule has 3 rings (SSSR count). The summed E-state index contributed by atoms with van der Waals surface area (Å²) < 4.78 is 10.3. The van der Waals surface area contributed by atoms with E-state index in [0.717, 1.165) is 16.9 Å². The number of ether oxygens (including phenoxy) is 1. The standard InChI is InChI=1S/C18H18N4O3/c1-24-15-4-2-14(3-5-15)18-21-17(25-22-18)7-6-16(23)20-12-13-8-10-19-11-9-13/h2-5,8-11H,6-7,12H2,1H3,(H,20,23). The van der Waals surface area contributed by atoms with Gasteiger partial charge in [-0.15, -0.1) is 0 Å². The van der Waals surface area contributed by atoms with Crippen LogP contribution in [0.5, 0.6) is 5.75 Å². The summed E-state index contributed by atoms with van der Waals surface area (Å²) in [4.78, 5) is 20.2. The minimum atomic E-state index is -0.0685. The zero-order valence-corrected chi connectivity index (χ0v) is 13.8. The predicted molar refractivity (Wildman–Crippen MR) is 90.7 cm³/mol. The van der Waals surface area contributed by atoms with E-state index in [4.69, 9.17) is 9.26 Å². The highest BCUT2D eigenvalue weighted by atomic mass is 16.5. The molecule has 7 nitrogen and oxygen atoms in total. The molecule has 0 saturated heterocycles. The second-order valence-corrected chi connectivity index (χ2v) is 5.37. The van der Waals surface area contributed by atoms with Gasteiger partial charge in [-0.05, 0) is 42.0 Å². The predicted octanol–water partition coefficient (Wildman–Crippen LogP) is 2.39. The first-order valence-electron chi connectivity index (χ1n) is 7.87. The van der Waals surface area contributed by atoms with Crippen LogP contribution in [-0.2, 0) is 17.8 Å². The van der Waals surface area contributed by atoms with E-state index in [-0.39, 0.29) is 12.3 Å². The molecule has 3 aromatic rings. The molecule has 25 heavy (non-hydrogen) atoms. The molecule has 1 amide bonds. The molecule has 0 bridgehead atoms. The number of aryl methyl sites for hydroxylation is 1. The zero-order chi connectivity index (χ0) is 17.5. The largest absolute Gasteiger partial charge is 0.497 e. The normalized spacial score (nSPS) is 10.4. The van der Waals surface area contributed by atoms with Crippen molar-refractivity contribution in [2.75, 3.05) is 7.11 Å². The lowest BCUT2D eigenvalue weighted by atomic mass is 10.2. The van der Waals surface area contributed by atoms with E-state index in [9.17, 15) is 4.79 Å². The Hall–Kier alpha value is -3.22. The summed E-state index contributed by atoms with van der Waals surface area (Å²) in [5.74, 6) is 1.62. The van der Waals surface area contributed by atoms with Crippen molar-refractivity contribution in [2.45, 2.75) is 19.4 Å². The lowest BCUT2D eigenvalue weighted by Crippen LogP contribution is -2.23. The number of hydrogen-bond acceptors (Lipinski definition) is 6. The van der Waals surface area contributed by atoms with Gasteiger partial charge in [0.25, 0.3) is 0 Å². The Morgan fingerprint density at radius 1 is 1.16 bits per heavy atom. The number of rotatable bonds is 7. The van der Waals surface area contributed by atoms with E-state index >= 15 is 0 Å². The van der Waals surface area contributed by atoms with Crippen molar-refractivity contribution in [3.63, 3.8) is 0 Å². The highest BCUT2D eigenvalue weighted by Crippen LogP contribution is 2.19. The first-order valence-corrected chi connectivity index (χ1v) is 7.87. The molecular weight excluding hydrogens is 320 g/mol. The first kappa shape index (κ1) is 16.6. The van der Waals surface area contributed by atoms with Gasteiger partial charge in [0.1, 0.15) is 5.75 Å². The number of pyridine rings is 1. The summed E-state index contributed by atoms with van der Waals surface area (Å²) in [6, 6.07) is 11.1. The molecule has 7 heteroatoms. The van der Waals surface area contributed by atoms with Crippen LogP contribution in [0.2, 0.25) is 0 Å². The maximum Gasteiger partial charge on any atom is 0.227 e. The van der Waals surface area contributed by atoms with Crippen LogP contribution in [0.25, 0.3) is 11.4 Å². The quantitative estimate of drug-likeness (QED) is 0.711. The number of nitrogens with one attached hydrogen (secondary N) is 1. The van der Waals surface area contributed by atoms with E-state index in [1.807, 2.05) is 36.4 Å². The maximum absolute atomic E-state index is 11.9. The topological polar surface area (TPSA) is 90.1 Å². The summed E-state index contributed by atoms with van der Waals surface area (Å²) in [6.45, 7) is 0.474. The van der Waals surface area contributed by atoms with Crippen molar-refractivity contribution in [3.8, 4) is 17.1 Å². The van der Waals surface area contributed by atoms with Crippen LogP contribution < -0.4 is 10.1 Å². The van der Waals surface area contributed by atoms with Crippen molar-refractivity contribution < 1.29 is 14.1 Å². The molecule has 128 valence electrons. The highest BCUT2D eigenvalue weighted by molar-refractivity contribution is 5.76. The van der Waals surface area contributed by atoms with E-state index in [0.29, 0.717) is 24.7 Å². The van der Waals surface area contributed by atoms with Gasteiger partial charge in [0.15, 0.2) is 0 Å². The van der Waals surface area contributed by atoms with Gasteiger partial charge < -0.3 is 14.6 Å². The fourth-order valence-electron chi connectivity index (χ4n) is 2.22. The fraction of sp³-hybridized carbons (Fsp3) is 0.222. The second-order valence-electron chi connectivity index (χ2n) is 5.37. The van der Waals surface area contributed by atoms with Gasteiger partial charge in [-0.2, -0.15) is 4.98 Å². The van der Waals surface area contributed by atoms with E-state index in [2.05, 4.69) is 20.4 Å². The molecule has 0 fully saturated rings. The molecule has 2 heterocycles. The Balaban J connectivity index is 1.50. The van der Waals surface area contributed by atoms with E-state index in [1.54, 1.807) is 19.5 Å². The van der Waals surface area contributed by atoms with Gasteiger partial charge in [0.2, 0.25) is 17.6 Å². The lowest BCUT2D eigenvalue weighted by Gasteiger charge is -2.03. The Morgan fingerprint density at radius 3 is 2.64 bits per heavy atom.